The van der Waals surface area contributed by atoms with Crippen molar-refractivity contribution in [1.82, 2.24) is 0 Å². The number of furan rings is 2. The lowest BCUT2D eigenvalue weighted by Gasteiger charge is -2.18. The summed E-state index contributed by atoms with van der Waals surface area (Å²) in [4.78, 5) is 0. The molecule has 0 bridgehead atoms. The monoisotopic (exact) mass is 692 g/mol. The van der Waals surface area contributed by atoms with Crippen LogP contribution >= 0.6 is 11.3 Å². The molecule has 246 valence electrons. The van der Waals surface area contributed by atoms with E-state index < -0.39 is 0 Å². The van der Waals surface area contributed by atoms with E-state index in [9.17, 15) is 0 Å². The summed E-state index contributed by atoms with van der Waals surface area (Å²) in [5, 5.41) is 13.1. The van der Waals surface area contributed by atoms with Crippen LogP contribution in [0.3, 0.4) is 0 Å². The average molecular weight is 693 g/mol. The summed E-state index contributed by atoms with van der Waals surface area (Å²) < 4.78 is 15.9. The molecule has 12 aromatic rings. The number of hydrogen-bond acceptors (Lipinski definition) is 3. The highest BCUT2D eigenvalue weighted by Crippen LogP contribution is 2.50. The molecule has 2 nitrogen and oxygen atoms in total. The van der Waals surface area contributed by atoms with Crippen LogP contribution in [0.15, 0.2) is 179 Å². The third-order valence-electron chi connectivity index (χ3n) is 11.1. The Morgan fingerprint density at radius 2 is 1.02 bits per heavy atom. The van der Waals surface area contributed by atoms with Crippen molar-refractivity contribution in [2.24, 2.45) is 0 Å². The Morgan fingerprint density at radius 3 is 1.79 bits per heavy atom. The zero-order valence-corrected chi connectivity index (χ0v) is 29.2. The molecule has 0 saturated heterocycles. The minimum Gasteiger partial charge on any atom is -0.463 e. The van der Waals surface area contributed by atoms with Gasteiger partial charge in [-0.25, -0.2) is 0 Å². The molecule has 12 rings (SSSR count). The predicted octanol–water partition coefficient (Wildman–Crippen LogP) is 15.2. The fourth-order valence-electron chi connectivity index (χ4n) is 8.80. The molecule has 0 radical (unpaired) electrons. The van der Waals surface area contributed by atoms with Gasteiger partial charge in [0.15, 0.2) is 0 Å². The first-order valence-corrected chi connectivity index (χ1v) is 18.8. The van der Waals surface area contributed by atoms with Crippen LogP contribution in [0.4, 0.5) is 0 Å². The molecule has 0 aliphatic carbocycles. The second kappa shape index (κ2) is 10.9. The van der Waals surface area contributed by atoms with E-state index in [4.69, 9.17) is 8.83 Å². The Kier molecular flexibility index (Phi) is 5.96. The van der Waals surface area contributed by atoms with Crippen molar-refractivity contribution in [3.63, 3.8) is 0 Å². The van der Waals surface area contributed by atoms with Gasteiger partial charge in [0, 0.05) is 53.2 Å². The van der Waals surface area contributed by atoms with E-state index in [1.54, 1.807) is 0 Å². The average Bonchev–Trinajstić information content (AvgIpc) is 3.93. The lowest BCUT2D eigenvalue weighted by molar-refractivity contribution is 0.619. The van der Waals surface area contributed by atoms with E-state index >= 15 is 0 Å². The molecule has 0 amide bonds. The van der Waals surface area contributed by atoms with Crippen LogP contribution in [-0.2, 0) is 0 Å². The van der Waals surface area contributed by atoms with E-state index in [0.717, 1.165) is 49.6 Å². The topological polar surface area (TPSA) is 26.3 Å². The van der Waals surface area contributed by atoms with Crippen molar-refractivity contribution < 1.29 is 8.83 Å². The molecule has 3 heteroatoms. The van der Waals surface area contributed by atoms with E-state index in [2.05, 4.69) is 164 Å². The SMILES string of the molecule is c1ccc2cc(-c3coc4c3ccc3oc5c(-c6c7ccccc7c(-c7cccc8c7sc7ccccc78)c7ccccc67)cccc5c34)ccc2c1. The zero-order chi connectivity index (χ0) is 34.6. The lowest BCUT2D eigenvalue weighted by atomic mass is 9.85. The van der Waals surface area contributed by atoms with E-state index in [0.29, 0.717) is 0 Å². The van der Waals surface area contributed by atoms with Gasteiger partial charge in [-0.05, 0) is 67.7 Å². The van der Waals surface area contributed by atoms with Crippen molar-refractivity contribution in [3.05, 3.63) is 170 Å². The molecule has 9 aromatic carbocycles. The molecule has 3 aromatic heterocycles. The summed E-state index contributed by atoms with van der Waals surface area (Å²) in [5.41, 5.74) is 9.56. The van der Waals surface area contributed by atoms with Gasteiger partial charge >= 0.3 is 0 Å². The van der Waals surface area contributed by atoms with Gasteiger partial charge in [0.25, 0.3) is 0 Å². The first-order valence-electron chi connectivity index (χ1n) is 18.0. The molecule has 0 aliphatic rings. The summed E-state index contributed by atoms with van der Waals surface area (Å²) in [6, 6.07) is 59.2. The quantitative estimate of drug-likeness (QED) is 0.172. The molecule has 0 aliphatic heterocycles. The maximum absolute atomic E-state index is 6.86. The van der Waals surface area contributed by atoms with E-state index in [-0.39, 0.29) is 0 Å². The second-order valence-corrected chi connectivity index (χ2v) is 15.0. The molecule has 0 saturated carbocycles. The minimum atomic E-state index is 0.820. The van der Waals surface area contributed by atoms with Crippen molar-refractivity contribution in [1.29, 1.82) is 0 Å². The first-order chi connectivity index (χ1) is 26.3. The second-order valence-electron chi connectivity index (χ2n) is 13.9. The zero-order valence-electron chi connectivity index (χ0n) is 28.4. The number of benzene rings is 9. The highest BCUT2D eigenvalue weighted by Gasteiger charge is 2.23. The smallest absolute Gasteiger partial charge is 0.146 e. The van der Waals surface area contributed by atoms with Crippen molar-refractivity contribution in [3.8, 4) is 33.4 Å². The number of fused-ring (bicyclic) bond motifs is 11. The maximum Gasteiger partial charge on any atom is 0.146 e. The van der Waals surface area contributed by atoms with Crippen LogP contribution in [0.1, 0.15) is 0 Å². The highest BCUT2D eigenvalue weighted by atomic mass is 32.1. The number of hydrogen-bond donors (Lipinski definition) is 0. The van der Waals surface area contributed by atoms with E-state index in [1.807, 2.05) is 17.6 Å². The van der Waals surface area contributed by atoms with Crippen molar-refractivity contribution in [2.75, 3.05) is 0 Å². The largest absolute Gasteiger partial charge is 0.463 e. The van der Waals surface area contributed by atoms with Gasteiger partial charge in [0.2, 0.25) is 0 Å². The van der Waals surface area contributed by atoms with Gasteiger partial charge in [-0.15, -0.1) is 11.3 Å². The fourth-order valence-corrected chi connectivity index (χ4v) is 10.0. The van der Waals surface area contributed by atoms with Crippen LogP contribution in [0.25, 0.3) is 119 Å². The highest BCUT2D eigenvalue weighted by molar-refractivity contribution is 7.26. The summed E-state index contributed by atoms with van der Waals surface area (Å²) in [6.45, 7) is 0. The Hall–Kier alpha value is -6.68. The van der Waals surface area contributed by atoms with E-state index in [1.165, 1.54) is 69.2 Å². The van der Waals surface area contributed by atoms with Gasteiger partial charge < -0.3 is 8.83 Å². The fraction of sp³-hybridized carbons (Fsp3) is 0. The van der Waals surface area contributed by atoms with Crippen LogP contribution in [-0.4, -0.2) is 0 Å². The summed E-state index contributed by atoms with van der Waals surface area (Å²) in [7, 11) is 0. The summed E-state index contributed by atoms with van der Waals surface area (Å²) in [6.07, 6.45) is 1.90. The Labute approximate surface area is 307 Å². The summed E-state index contributed by atoms with van der Waals surface area (Å²) >= 11 is 1.88. The Balaban J connectivity index is 1.12. The predicted molar refractivity (Wildman–Crippen MR) is 225 cm³/mol. The molecule has 53 heavy (non-hydrogen) atoms. The molecule has 0 unspecified atom stereocenters. The molecular formula is C50H28O2S. The van der Waals surface area contributed by atoms with Crippen LogP contribution < -0.4 is 0 Å². The molecular weight excluding hydrogens is 665 g/mol. The number of para-hydroxylation sites is 1. The molecule has 0 fully saturated rings. The Morgan fingerprint density at radius 1 is 0.396 bits per heavy atom. The van der Waals surface area contributed by atoms with Gasteiger partial charge in [0.1, 0.15) is 16.7 Å². The standard InChI is InChI=1S/C50H28O2S/c1-2-12-30-27-31(24-23-29(30)11-1)42-28-51-49-37(42)25-26-43-47(49)40-20-10-19-39(48(40)52-43)45-33-14-3-5-16-35(33)46(36-17-6-4-15-34(36)45)41-21-9-18-38-32-13-7-8-22-44(32)53-50(38)41/h1-28H. The van der Waals surface area contributed by atoms with Crippen molar-refractivity contribution in [2.45, 2.75) is 0 Å². The van der Waals surface area contributed by atoms with Crippen LogP contribution in [0.5, 0.6) is 0 Å². The third kappa shape index (κ3) is 4.08. The Bertz CT molecular complexity index is 3410. The normalized spacial score (nSPS) is 12.2. The molecule has 3 heterocycles. The van der Waals surface area contributed by atoms with Crippen molar-refractivity contribution >= 4 is 96.7 Å². The maximum atomic E-state index is 6.86. The van der Waals surface area contributed by atoms with Gasteiger partial charge in [0.05, 0.1) is 11.6 Å². The summed E-state index contributed by atoms with van der Waals surface area (Å²) in [5.74, 6) is 0. The van der Waals surface area contributed by atoms with Crippen LogP contribution in [0, 0.1) is 0 Å². The van der Waals surface area contributed by atoms with Gasteiger partial charge in [-0.1, -0.05) is 140 Å². The minimum absolute atomic E-state index is 0.820. The molecule has 0 spiro atoms. The third-order valence-corrected chi connectivity index (χ3v) is 12.4. The number of thiophene rings is 1. The number of rotatable bonds is 3. The van der Waals surface area contributed by atoms with Crippen LogP contribution in [0.2, 0.25) is 0 Å². The first kappa shape index (κ1) is 29.0. The van der Waals surface area contributed by atoms with Gasteiger partial charge in [-0.2, -0.15) is 0 Å². The molecule has 0 atom stereocenters. The molecule has 0 N–H and O–H groups in total. The lowest BCUT2D eigenvalue weighted by Crippen LogP contribution is -1.91. The van der Waals surface area contributed by atoms with Gasteiger partial charge in [-0.3, -0.25) is 0 Å².